The normalized spacial score (nSPS) is 41.8. The van der Waals surface area contributed by atoms with Gasteiger partial charge < -0.3 is 48.1 Å². The van der Waals surface area contributed by atoms with E-state index < -0.39 is 146 Å². The monoisotopic (exact) mass is 1130 g/mol. The number of rotatable bonds is 6. The minimum atomic E-state index is -2.38. The fraction of sp³-hybridized carbons (Fsp3) is 0.603. The molecule has 1 spiro atoms. The van der Waals surface area contributed by atoms with Crippen LogP contribution < -0.4 is 0 Å². The number of esters is 4. The molecule has 3 saturated heterocycles. The summed E-state index contributed by atoms with van der Waals surface area (Å²) in [6.45, 7) is 23.3. The van der Waals surface area contributed by atoms with E-state index in [9.17, 15) is 53.4 Å². The molecule has 19 nitrogen and oxygen atoms in total. The van der Waals surface area contributed by atoms with E-state index >= 15 is 0 Å². The fourth-order valence-electron chi connectivity index (χ4n) is 17.4. The molecule has 18 atom stereocenters. The summed E-state index contributed by atoms with van der Waals surface area (Å²) in [6.07, 6.45) is -8.05. The van der Waals surface area contributed by atoms with Gasteiger partial charge in [-0.15, -0.1) is 0 Å². The highest BCUT2D eigenvalue weighted by Crippen LogP contribution is 2.69. The zero-order valence-corrected chi connectivity index (χ0v) is 48.9. The van der Waals surface area contributed by atoms with E-state index in [1.165, 1.54) is 13.8 Å². The number of ketones is 4. The van der Waals surface area contributed by atoms with Crippen LogP contribution in [-0.4, -0.2) is 136 Å². The summed E-state index contributed by atoms with van der Waals surface area (Å²) in [6, 6.07) is 16.4. The molecule has 6 aliphatic carbocycles. The molecular weight excluding hydrogens is 1060 g/mol. The zero-order chi connectivity index (χ0) is 60.1. The van der Waals surface area contributed by atoms with Crippen molar-refractivity contribution in [1.29, 1.82) is 0 Å². The van der Waals surface area contributed by atoms with E-state index in [0.717, 1.165) is 0 Å². The zero-order valence-electron chi connectivity index (χ0n) is 48.9. The second kappa shape index (κ2) is 19.3. The molecule has 2 N–H and O–H groups in total. The molecule has 19 heteroatoms. The van der Waals surface area contributed by atoms with Gasteiger partial charge in [-0.3, -0.25) is 28.8 Å². The van der Waals surface area contributed by atoms with Crippen molar-refractivity contribution in [3.05, 3.63) is 94.1 Å². The summed E-state index contributed by atoms with van der Waals surface area (Å²) >= 11 is 0. The number of carbonyl (C=O) groups is 9. The SMILES string of the molecule is CC(=O)O[C@@]12COC1C[C@H](C)[C@@]1(C)C(=O)C(C)C3=C(C)C(=O)[C@@H]4OC(=O)O[C@]4([C@@H](OC(=O)c4ccccc4)[C@@H]12)C3(C)C.CC(=O)O[C@@]12COC1C[C@H](C)[C@@]1(C)C(=O)[C@H](C)C3=C(C)C(=O)[C@H](O)[C@@](O)([C@@H](OC(=O)c4ccccc4)[C@@H]12)C3(C)C. The van der Waals surface area contributed by atoms with Gasteiger partial charge in [0.25, 0.3) is 0 Å². The maximum absolute atomic E-state index is 14.9. The van der Waals surface area contributed by atoms with Crippen molar-refractivity contribution >= 4 is 53.2 Å². The van der Waals surface area contributed by atoms with Crippen LogP contribution in [-0.2, 0) is 66.7 Å². The van der Waals surface area contributed by atoms with Gasteiger partial charge in [0.1, 0.15) is 41.6 Å². The summed E-state index contributed by atoms with van der Waals surface area (Å²) in [5.41, 5.74) is -10.4. The molecule has 0 aromatic heterocycles. The van der Waals surface area contributed by atoms with Crippen LogP contribution in [0, 0.1) is 57.2 Å². The third-order valence-corrected chi connectivity index (χ3v) is 21.6. The first-order chi connectivity index (χ1) is 38.2. The van der Waals surface area contributed by atoms with Gasteiger partial charge in [-0.1, -0.05) is 106 Å². The Labute approximate surface area is 476 Å². The van der Waals surface area contributed by atoms with Crippen LogP contribution in [0.1, 0.15) is 130 Å². The molecule has 2 aromatic rings. The number of carbonyl (C=O) groups excluding carboxylic acids is 9. The molecule has 0 radical (unpaired) electrons. The van der Waals surface area contributed by atoms with Crippen molar-refractivity contribution in [3.63, 3.8) is 0 Å². The van der Waals surface area contributed by atoms with Crippen LogP contribution >= 0.6 is 0 Å². The van der Waals surface area contributed by atoms with Crippen molar-refractivity contribution in [2.45, 2.75) is 169 Å². The third-order valence-electron chi connectivity index (χ3n) is 21.6. The molecule has 440 valence electrons. The average molecular weight is 1140 g/mol. The first kappa shape index (κ1) is 58.8. The predicted octanol–water partition coefficient (Wildman–Crippen LogP) is 6.80. The van der Waals surface area contributed by atoms with Crippen LogP contribution in [0.4, 0.5) is 4.79 Å². The predicted molar refractivity (Wildman–Crippen MR) is 287 cm³/mol. The van der Waals surface area contributed by atoms with Gasteiger partial charge in [0.15, 0.2) is 23.1 Å². The van der Waals surface area contributed by atoms with Crippen molar-refractivity contribution in [2.24, 2.45) is 57.2 Å². The maximum Gasteiger partial charge on any atom is 0.510 e. The van der Waals surface area contributed by atoms with Crippen molar-refractivity contribution in [2.75, 3.05) is 13.2 Å². The van der Waals surface area contributed by atoms with Gasteiger partial charge in [-0.2, -0.15) is 0 Å². The molecule has 2 aromatic carbocycles. The first-order valence-corrected chi connectivity index (χ1v) is 28.2. The van der Waals surface area contributed by atoms with Crippen LogP contribution in [0.15, 0.2) is 83.0 Å². The molecule has 3 aliphatic heterocycles. The standard InChI is InChI=1S/C32H36O10.C31H38O9/c1-15-13-20-31(14-38-20,41-18(4)33)23-26(39-27(36)19-11-9-8-10-12-19)32-25(40-28(37)42-32)22(34)16(2)21(29(32,5)6)17(3)24(35)30(15,23)7;1-15-13-20-30(14-38-20,40-18(4)32)23-26(39-27(36)19-11-9-8-10-12-19)31(37)25(35)22(33)16(2)21(28(31,5)6)17(3)24(34)29(15,23)7/h8-12,15,17,20,23,25-26H,13-14H2,1-7H3;8-12,15,17,20,23,25-26,35,37H,13-14H2,1-7H3/t15-,17?,20?,23-,25-,26-,30+,31-,32+;15-,17+,20?,23-,25-,26-,29+,30-,31+/m00/s1. The molecule has 7 fully saturated rings. The van der Waals surface area contributed by atoms with Gasteiger partial charge in [0.05, 0.1) is 36.2 Å². The van der Waals surface area contributed by atoms with Crippen LogP contribution in [0.5, 0.6) is 0 Å². The highest BCUT2D eigenvalue weighted by molar-refractivity contribution is 6.06. The van der Waals surface area contributed by atoms with Gasteiger partial charge >= 0.3 is 30.0 Å². The van der Waals surface area contributed by atoms with Gasteiger partial charge in [-0.25, -0.2) is 14.4 Å². The largest absolute Gasteiger partial charge is 0.510 e. The number of hydrogen-bond acceptors (Lipinski definition) is 19. The average Bonchev–Trinajstić information content (AvgIpc) is 1.15. The van der Waals surface area contributed by atoms with E-state index in [0.29, 0.717) is 29.6 Å². The Morgan fingerprint density at radius 1 is 0.585 bits per heavy atom. The lowest BCUT2D eigenvalue weighted by Crippen LogP contribution is -2.82. The molecule has 4 bridgehead atoms. The Morgan fingerprint density at radius 2 is 0.988 bits per heavy atom. The van der Waals surface area contributed by atoms with Crippen LogP contribution in [0.25, 0.3) is 0 Å². The molecule has 3 heterocycles. The topological polar surface area (TPSA) is 268 Å². The fourth-order valence-corrected chi connectivity index (χ4v) is 17.4. The number of aliphatic hydroxyl groups is 2. The summed E-state index contributed by atoms with van der Waals surface area (Å²) in [5, 5.41) is 24.4. The summed E-state index contributed by atoms with van der Waals surface area (Å²) < 4.78 is 48.3. The third kappa shape index (κ3) is 7.55. The summed E-state index contributed by atoms with van der Waals surface area (Å²) in [4.78, 5) is 123. The molecule has 82 heavy (non-hydrogen) atoms. The van der Waals surface area contributed by atoms with Crippen molar-refractivity contribution in [3.8, 4) is 0 Å². The quantitative estimate of drug-likeness (QED) is 0.222. The molecule has 3 unspecified atom stereocenters. The lowest BCUT2D eigenvalue weighted by atomic mass is 9.42. The van der Waals surface area contributed by atoms with E-state index in [4.69, 9.17) is 37.9 Å². The second-order valence-corrected chi connectivity index (χ2v) is 26.0. The molecule has 11 rings (SSSR count). The molecular formula is C63H74O19. The molecule has 0 amide bonds. The first-order valence-electron chi connectivity index (χ1n) is 28.2. The second-order valence-electron chi connectivity index (χ2n) is 26.0. The van der Waals surface area contributed by atoms with Gasteiger partial charge in [0, 0.05) is 47.3 Å². The van der Waals surface area contributed by atoms with Crippen molar-refractivity contribution in [1.82, 2.24) is 0 Å². The van der Waals surface area contributed by atoms with Gasteiger partial charge in [0.2, 0.25) is 17.5 Å². The van der Waals surface area contributed by atoms with Crippen LogP contribution in [0.2, 0.25) is 0 Å². The van der Waals surface area contributed by atoms with Crippen molar-refractivity contribution < 1.29 is 91.3 Å². The Morgan fingerprint density at radius 3 is 1.40 bits per heavy atom. The lowest BCUT2D eigenvalue weighted by Gasteiger charge is -2.68. The highest BCUT2D eigenvalue weighted by atomic mass is 16.8. The summed E-state index contributed by atoms with van der Waals surface area (Å²) in [5.74, 6) is -8.87. The van der Waals surface area contributed by atoms with E-state index in [-0.39, 0.29) is 53.3 Å². The molecule has 4 saturated carbocycles. The van der Waals surface area contributed by atoms with E-state index in [1.807, 2.05) is 13.8 Å². The number of aliphatic hydroxyl groups excluding tert-OH is 1. The Hall–Kier alpha value is -6.41. The summed E-state index contributed by atoms with van der Waals surface area (Å²) in [7, 11) is 0. The lowest BCUT2D eigenvalue weighted by molar-refractivity contribution is -0.342. The van der Waals surface area contributed by atoms with E-state index in [2.05, 4.69) is 0 Å². The number of fused-ring (bicyclic) bond motifs is 9. The number of Topliss-reactive ketones (excluding diaryl/α,β-unsaturated/α-hetero) is 4. The number of benzene rings is 2. The Kier molecular flexibility index (Phi) is 13.8. The minimum absolute atomic E-state index is 0.0586. The number of ether oxygens (including phenoxy) is 8. The minimum Gasteiger partial charge on any atom is -0.455 e. The highest BCUT2D eigenvalue weighted by Gasteiger charge is 2.83. The van der Waals surface area contributed by atoms with Crippen LogP contribution in [0.3, 0.4) is 0 Å². The smallest absolute Gasteiger partial charge is 0.455 e. The molecule has 9 aliphatic rings. The Balaban J connectivity index is 0.000000184. The Bertz CT molecular complexity index is 3180. The maximum atomic E-state index is 14.9. The van der Waals surface area contributed by atoms with Gasteiger partial charge in [-0.05, 0) is 85.1 Å². The van der Waals surface area contributed by atoms with E-state index in [1.54, 1.807) is 130 Å². The number of hydrogen-bond donors (Lipinski definition) is 2.